The number of nitrogens with two attached hydrogens (primary N) is 1. The van der Waals surface area contributed by atoms with Gasteiger partial charge in [0.05, 0.1) is 17.9 Å². The normalized spacial score (nSPS) is 21.8. The van der Waals surface area contributed by atoms with Crippen molar-refractivity contribution in [3.63, 3.8) is 0 Å². The van der Waals surface area contributed by atoms with E-state index in [1.165, 1.54) is 0 Å². The number of nitrogens with zero attached hydrogens (tertiary/aromatic N) is 1. The molecule has 1 fully saturated rings. The van der Waals surface area contributed by atoms with E-state index in [9.17, 15) is 4.79 Å². The van der Waals surface area contributed by atoms with Crippen molar-refractivity contribution >= 4 is 5.97 Å². The summed E-state index contributed by atoms with van der Waals surface area (Å²) >= 11 is 0. The molecule has 1 aliphatic rings. The van der Waals surface area contributed by atoms with Crippen molar-refractivity contribution in [2.45, 2.75) is 25.3 Å². The summed E-state index contributed by atoms with van der Waals surface area (Å²) in [5, 5.41) is 17.0. The molecule has 3 N–H and O–H groups in total. The molecule has 1 rings (SSSR count). The lowest BCUT2D eigenvalue weighted by atomic mass is 9.96. The van der Waals surface area contributed by atoms with Gasteiger partial charge in [-0.25, -0.2) is 0 Å². The van der Waals surface area contributed by atoms with Crippen LogP contribution in [0.2, 0.25) is 0 Å². The number of carbonyl (C=O) groups is 1. The average molecular weight is 154 g/mol. The fourth-order valence-corrected chi connectivity index (χ4v) is 1.08. The Hall–Kier alpha value is -1.08. The second-order valence-corrected chi connectivity index (χ2v) is 2.97. The maximum absolute atomic E-state index is 10.2. The predicted octanol–water partition coefficient (Wildman–Crippen LogP) is 0.0922. The number of carboxylic acids is 1. The fraction of sp³-hybridized carbons (Fsp3) is 0.714. The zero-order chi connectivity index (χ0) is 8.48. The molecule has 0 bridgehead atoms. The Morgan fingerprint density at radius 3 is 2.64 bits per heavy atom. The first-order valence-corrected chi connectivity index (χ1v) is 3.49. The van der Waals surface area contributed by atoms with Crippen LogP contribution in [0.15, 0.2) is 0 Å². The van der Waals surface area contributed by atoms with E-state index in [2.05, 4.69) is 6.07 Å². The van der Waals surface area contributed by atoms with Crippen molar-refractivity contribution < 1.29 is 9.90 Å². The number of carboxylic acid groups (broad SMARTS) is 1. The first-order valence-electron chi connectivity index (χ1n) is 3.49. The van der Waals surface area contributed by atoms with Gasteiger partial charge < -0.3 is 10.8 Å². The SMILES string of the molecule is N#CC1(C(N)CC(=O)O)CC1. The van der Waals surface area contributed by atoms with Gasteiger partial charge >= 0.3 is 5.97 Å². The highest BCUT2D eigenvalue weighted by Crippen LogP contribution is 2.48. The van der Waals surface area contributed by atoms with Crippen LogP contribution in [0.4, 0.5) is 0 Å². The lowest BCUT2D eigenvalue weighted by Crippen LogP contribution is -2.33. The molecule has 1 saturated carbocycles. The molecule has 0 radical (unpaired) electrons. The zero-order valence-electron chi connectivity index (χ0n) is 6.08. The van der Waals surface area contributed by atoms with E-state index in [1.54, 1.807) is 0 Å². The molecule has 0 amide bonds. The molecule has 0 saturated heterocycles. The highest BCUT2D eigenvalue weighted by Gasteiger charge is 2.49. The van der Waals surface area contributed by atoms with E-state index in [-0.39, 0.29) is 6.42 Å². The predicted molar refractivity (Wildman–Crippen MR) is 37.5 cm³/mol. The molecule has 0 spiro atoms. The van der Waals surface area contributed by atoms with Gasteiger partial charge in [-0.3, -0.25) is 4.79 Å². The first-order chi connectivity index (χ1) is 5.10. The van der Waals surface area contributed by atoms with Crippen molar-refractivity contribution in [2.24, 2.45) is 11.1 Å². The van der Waals surface area contributed by atoms with Gasteiger partial charge in [0.15, 0.2) is 0 Å². The van der Waals surface area contributed by atoms with E-state index < -0.39 is 17.4 Å². The third-order valence-electron chi connectivity index (χ3n) is 2.12. The van der Waals surface area contributed by atoms with Crippen molar-refractivity contribution in [1.82, 2.24) is 0 Å². The van der Waals surface area contributed by atoms with E-state index in [0.717, 1.165) is 12.8 Å². The van der Waals surface area contributed by atoms with E-state index in [0.29, 0.717) is 0 Å². The van der Waals surface area contributed by atoms with E-state index in [1.807, 2.05) is 0 Å². The Bertz CT molecular complexity index is 215. The van der Waals surface area contributed by atoms with Crippen LogP contribution in [0, 0.1) is 16.7 Å². The molecule has 1 atom stereocenters. The zero-order valence-corrected chi connectivity index (χ0v) is 6.08. The third-order valence-corrected chi connectivity index (χ3v) is 2.12. The molecule has 0 aromatic heterocycles. The van der Waals surface area contributed by atoms with Crippen LogP contribution in [0.5, 0.6) is 0 Å². The molecule has 4 nitrogen and oxygen atoms in total. The second kappa shape index (κ2) is 2.51. The van der Waals surface area contributed by atoms with Gasteiger partial charge in [-0.1, -0.05) is 0 Å². The molecule has 11 heavy (non-hydrogen) atoms. The Kier molecular flexibility index (Phi) is 1.83. The lowest BCUT2D eigenvalue weighted by molar-refractivity contribution is -0.137. The Balaban J connectivity index is 2.49. The highest BCUT2D eigenvalue weighted by atomic mass is 16.4. The van der Waals surface area contributed by atoms with Crippen molar-refractivity contribution in [1.29, 1.82) is 5.26 Å². The maximum atomic E-state index is 10.2. The third kappa shape index (κ3) is 1.49. The highest BCUT2D eigenvalue weighted by molar-refractivity contribution is 5.68. The van der Waals surface area contributed by atoms with Crippen molar-refractivity contribution in [3.8, 4) is 6.07 Å². The van der Waals surface area contributed by atoms with E-state index in [4.69, 9.17) is 16.1 Å². The molecule has 0 aliphatic heterocycles. The van der Waals surface area contributed by atoms with Crippen LogP contribution in [0.1, 0.15) is 19.3 Å². The molecule has 60 valence electrons. The summed E-state index contributed by atoms with van der Waals surface area (Å²) in [5.74, 6) is -0.931. The molecule has 1 aliphatic carbocycles. The fourth-order valence-electron chi connectivity index (χ4n) is 1.08. The number of aliphatic carboxylic acids is 1. The van der Waals surface area contributed by atoms with Gasteiger partial charge in [0.2, 0.25) is 0 Å². The van der Waals surface area contributed by atoms with Gasteiger partial charge in [-0.2, -0.15) is 5.26 Å². The number of hydrogen-bond acceptors (Lipinski definition) is 3. The molecule has 4 heteroatoms. The molecular formula is C7H10N2O2. The minimum Gasteiger partial charge on any atom is -0.481 e. The maximum Gasteiger partial charge on any atom is 0.304 e. The first kappa shape index (κ1) is 8.02. The summed E-state index contributed by atoms with van der Waals surface area (Å²) in [5.41, 5.74) is 5.01. The number of rotatable bonds is 3. The Labute approximate surface area is 64.6 Å². The summed E-state index contributed by atoms with van der Waals surface area (Å²) in [7, 11) is 0. The van der Waals surface area contributed by atoms with Crippen LogP contribution in [0.25, 0.3) is 0 Å². The van der Waals surface area contributed by atoms with Crippen LogP contribution >= 0.6 is 0 Å². The monoisotopic (exact) mass is 154 g/mol. The molecule has 0 heterocycles. The summed E-state index contributed by atoms with van der Waals surface area (Å²) in [6.45, 7) is 0. The minimum atomic E-state index is -0.931. The number of nitriles is 1. The standard InChI is InChI=1S/C7H10N2O2/c8-4-7(1-2-7)5(9)3-6(10)11/h5H,1-3,9H2,(H,10,11). The van der Waals surface area contributed by atoms with Gasteiger partial charge in [0.25, 0.3) is 0 Å². The molecule has 0 aromatic rings. The van der Waals surface area contributed by atoms with Gasteiger partial charge in [0.1, 0.15) is 0 Å². The smallest absolute Gasteiger partial charge is 0.304 e. The summed E-state index contributed by atoms with van der Waals surface area (Å²) in [6, 6.07) is 1.57. The summed E-state index contributed by atoms with van der Waals surface area (Å²) < 4.78 is 0. The Morgan fingerprint density at radius 1 is 1.82 bits per heavy atom. The quantitative estimate of drug-likeness (QED) is 0.603. The Morgan fingerprint density at radius 2 is 2.36 bits per heavy atom. The van der Waals surface area contributed by atoms with Crippen LogP contribution in [-0.4, -0.2) is 17.1 Å². The summed E-state index contributed by atoms with van der Waals surface area (Å²) in [6.07, 6.45) is 1.39. The van der Waals surface area contributed by atoms with Crippen molar-refractivity contribution in [2.75, 3.05) is 0 Å². The average Bonchev–Trinajstić information content (AvgIpc) is 2.65. The molecule has 1 unspecified atom stereocenters. The van der Waals surface area contributed by atoms with Gasteiger partial charge in [0, 0.05) is 6.04 Å². The van der Waals surface area contributed by atoms with Gasteiger partial charge in [-0.15, -0.1) is 0 Å². The largest absolute Gasteiger partial charge is 0.481 e. The second-order valence-electron chi connectivity index (χ2n) is 2.97. The van der Waals surface area contributed by atoms with Crippen LogP contribution < -0.4 is 5.73 Å². The van der Waals surface area contributed by atoms with Crippen molar-refractivity contribution in [3.05, 3.63) is 0 Å². The minimum absolute atomic E-state index is 0.104. The van der Waals surface area contributed by atoms with Gasteiger partial charge in [-0.05, 0) is 12.8 Å². The van der Waals surface area contributed by atoms with Crippen LogP contribution in [0.3, 0.4) is 0 Å². The van der Waals surface area contributed by atoms with E-state index >= 15 is 0 Å². The summed E-state index contributed by atoms with van der Waals surface area (Å²) in [4.78, 5) is 10.2. The molecular weight excluding hydrogens is 144 g/mol. The number of hydrogen-bond donors (Lipinski definition) is 2. The topological polar surface area (TPSA) is 87.1 Å². The lowest BCUT2D eigenvalue weighted by Gasteiger charge is -2.12. The molecule has 0 aromatic carbocycles. The van der Waals surface area contributed by atoms with Crippen LogP contribution in [-0.2, 0) is 4.79 Å².